The highest BCUT2D eigenvalue weighted by molar-refractivity contribution is 5.73. The molecule has 1 saturated heterocycles. The van der Waals surface area contributed by atoms with E-state index in [1.165, 1.54) is 5.56 Å². The van der Waals surface area contributed by atoms with E-state index in [-0.39, 0.29) is 11.5 Å². The van der Waals surface area contributed by atoms with Crippen molar-refractivity contribution in [2.45, 2.75) is 62.9 Å². The van der Waals surface area contributed by atoms with Gasteiger partial charge in [-0.1, -0.05) is 43.7 Å². The lowest BCUT2D eigenvalue weighted by Crippen LogP contribution is -2.49. The van der Waals surface area contributed by atoms with Crippen molar-refractivity contribution in [3.8, 4) is 0 Å². The summed E-state index contributed by atoms with van der Waals surface area (Å²) in [6.45, 7) is 3.29. The third kappa shape index (κ3) is 2.84. The maximum atomic E-state index is 11.5. The van der Waals surface area contributed by atoms with Crippen LogP contribution in [0.3, 0.4) is 0 Å². The summed E-state index contributed by atoms with van der Waals surface area (Å²) < 4.78 is 0. The smallest absolute Gasteiger partial charge is 0.320 e. The summed E-state index contributed by atoms with van der Waals surface area (Å²) in [5, 5.41) is 9.47. The fourth-order valence-corrected chi connectivity index (χ4v) is 4.25. The molecule has 0 radical (unpaired) electrons. The molecule has 2 aliphatic rings. The largest absolute Gasteiger partial charge is 0.480 e. The second-order valence-corrected chi connectivity index (χ2v) is 6.91. The molecule has 3 atom stereocenters. The van der Waals surface area contributed by atoms with Gasteiger partial charge in [-0.2, -0.15) is 0 Å². The van der Waals surface area contributed by atoms with E-state index in [1.807, 2.05) is 0 Å². The molecule has 0 unspecified atom stereocenters. The van der Waals surface area contributed by atoms with Gasteiger partial charge in [0.2, 0.25) is 0 Å². The molecule has 3 heteroatoms. The van der Waals surface area contributed by atoms with Crippen LogP contribution in [0, 0.1) is 0 Å². The Bertz CT molecular complexity index is 501. The van der Waals surface area contributed by atoms with E-state index in [1.54, 1.807) is 0 Å². The van der Waals surface area contributed by atoms with E-state index >= 15 is 0 Å². The molecule has 1 aromatic carbocycles. The van der Waals surface area contributed by atoms with Crippen molar-refractivity contribution in [3.63, 3.8) is 0 Å². The van der Waals surface area contributed by atoms with Crippen molar-refractivity contribution in [1.82, 2.24) is 4.90 Å². The number of likely N-dealkylation sites (tertiary alicyclic amines) is 1. The van der Waals surface area contributed by atoms with Crippen molar-refractivity contribution in [3.05, 3.63) is 35.9 Å². The molecule has 1 N–H and O–H groups in total. The number of benzene rings is 1. The lowest BCUT2D eigenvalue weighted by Gasteiger charge is -2.38. The van der Waals surface area contributed by atoms with Crippen LogP contribution in [-0.4, -0.2) is 34.6 Å². The van der Waals surface area contributed by atoms with Crippen molar-refractivity contribution in [1.29, 1.82) is 0 Å². The van der Waals surface area contributed by atoms with Crippen LogP contribution in [0.25, 0.3) is 0 Å². The number of rotatable bonds is 3. The van der Waals surface area contributed by atoms with Crippen molar-refractivity contribution < 1.29 is 9.90 Å². The van der Waals surface area contributed by atoms with Crippen LogP contribution in [-0.2, 0) is 10.2 Å². The zero-order valence-corrected chi connectivity index (χ0v) is 12.8. The topological polar surface area (TPSA) is 40.5 Å². The first-order chi connectivity index (χ1) is 10.1. The molecule has 0 amide bonds. The molecule has 3 nitrogen and oxygen atoms in total. The van der Waals surface area contributed by atoms with E-state index in [0.717, 1.165) is 45.1 Å². The number of piperidine rings is 1. The van der Waals surface area contributed by atoms with Crippen LogP contribution in [0.5, 0.6) is 0 Å². The minimum atomic E-state index is -0.636. The molecular weight excluding hydrogens is 262 g/mol. The average Bonchev–Trinajstić information content (AvgIpc) is 2.92. The minimum absolute atomic E-state index is 0.201. The summed E-state index contributed by atoms with van der Waals surface area (Å²) in [7, 11) is 0. The fraction of sp³-hybridized carbons (Fsp3) is 0.611. The zero-order chi connectivity index (χ0) is 14.9. The van der Waals surface area contributed by atoms with Crippen LogP contribution in [0.2, 0.25) is 0 Å². The number of carboxylic acids is 1. The first kappa shape index (κ1) is 14.6. The Labute approximate surface area is 127 Å². The second kappa shape index (κ2) is 5.80. The molecule has 1 aliphatic heterocycles. The number of nitrogens with zero attached hydrogens (tertiary/aromatic N) is 1. The molecule has 0 bridgehead atoms. The first-order valence-corrected chi connectivity index (χ1v) is 8.14. The van der Waals surface area contributed by atoms with Gasteiger partial charge < -0.3 is 5.11 Å². The van der Waals surface area contributed by atoms with Gasteiger partial charge in [-0.3, -0.25) is 9.69 Å². The molecule has 1 aromatic rings. The van der Waals surface area contributed by atoms with Crippen molar-refractivity contribution in [2.24, 2.45) is 0 Å². The summed E-state index contributed by atoms with van der Waals surface area (Å²) in [6, 6.07) is 10.9. The van der Waals surface area contributed by atoms with Crippen LogP contribution in [0.15, 0.2) is 30.3 Å². The Balaban J connectivity index is 1.75. The van der Waals surface area contributed by atoms with Crippen LogP contribution >= 0.6 is 0 Å². The third-order valence-corrected chi connectivity index (χ3v) is 5.48. The maximum Gasteiger partial charge on any atom is 0.320 e. The van der Waals surface area contributed by atoms with Gasteiger partial charge in [0.05, 0.1) is 0 Å². The van der Waals surface area contributed by atoms with Gasteiger partial charge in [0.1, 0.15) is 6.04 Å². The number of carbonyl (C=O) groups is 1. The highest BCUT2D eigenvalue weighted by atomic mass is 16.4. The SMILES string of the molecule is C[C@]1(c2ccccc2)CC[C@@H](N2CCCC[C@H]2C(=O)O)C1. The van der Waals surface area contributed by atoms with E-state index in [9.17, 15) is 9.90 Å². The third-order valence-electron chi connectivity index (χ3n) is 5.48. The van der Waals surface area contributed by atoms with Crippen LogP contribution in [0.1, 0.15) is 51.0 Å². The molecule has 0 aromatic heterocycles. The molecule has 3 rings (SSSR count). The quantitative estimate of drug-likeness (QED) is 0.926. The maximum absolute atomic E-state index is 11.5. The number of aliphatic carboxylic acids is 1. The van der Waals surface area contributed by atoms with Crippen molar-refractivity contribution in [2.75, 3.05) is 6.54 Å². The fourth-order valence-electron chi connectivity index (χ4n) is 4.25. The number of hydrogen-bond acceptors (Lipinski definition) is 2. The molecule has 1 saturated carbocycles. The Morgan fingerprint density at radius 3 is 2.71 bits per heavy atom. The van der Waals surface area contributed by atoms with Gasteiger partial charge in [0, 0.05) is 6.04 Å². The summed E-state index contributed by atoms with van der Waals surface area (Å²) in [6.07, 6.45) is 6.37. The average molecular weight is 287 g/mol. The summed E-state index contributed by atoms with van der Waals surface area (Å²) >= 11 is 0. The van der Waals surface area contributed by atoms with E-state index in [4.69, 9.17) is 0 Å². The highest BCUT2D eigenvalue weighted by Gasteiger charge is 2.42. The molecule has 0 spiro atoms. The summed E-state index contributed by atoms with van der Waals surface area (Å²) in [5.74, 6) is -0.636. The van der Waals surface area contributed by atoms with Gasteiger partial charge in [-0.05, 0) is 49.6 Å². The van der Waals surface area contributed by atoms with Crippen LogP contribution < -0.4 is 0 Å². The standard InChI is InChI=1S/C18H25NO2/c1-18(14-7-3-2-4-8-14)11-10-15(13-18)19-12-6-5-9-16(19)17(20)21/h2-4,7-8,15-16H,5-6,9-13H2,1H3,(H,20,21)/t15-,16+,18+/m1/s1. The highest BCUT2D eigenvalue weighted by Crippen LogP contribution is 2.43. The van der Waals surface area contributed by atoms with Gasteiger partial charge in [0.15, 0.2) is 0 Å². The lowest BCUT2D eigenvalue weighted by molar-refractivity contribution is -0.145. The van der Waals surface area contributed by atoms with Gasteiger partial charge >= 0.3 is 5.97 Å². The molecule has 21 heavy (non-hydrogen) atoms. The van der Waals surface area contributed by atoms with Crippen LogP contribution in [0.4, 0.5) is 0 Å². The summed E-state index contributed by atoms with van der Waals surface area (Å²) in [5.41, 5.74) is 1.60. The van der Waals surface area contributed by atoms with E-state index < -0.39 is 5.97 Å². The number of hydrogen-bond donors (Lipinski definition) is 1. The lowest BCUT2D eigenvalue weighted by atomic mass is 9.80. The van der Waals surface area contributed by atoms with E-state index in [0.29, 0.717) is 6.04 Å². The van der Waals surface area contributed by atoms with Gasteiger partial charge in [-0.15, -0.1) is 0 Å². The number of carboxylic acid groups (broad SMARTS) is 1. The molecule has 114 valence electrons. The first-order valence-electron chi connectivity index (χ1n) is 8.14. The zero-order valence-electron chi connectivity index (χ0n) is 12.8. The summed E-state index contributed by atoms with van der Waals surface area (Å²) in [4.78, 5) is 13.8. The second-order valence-electron chi connectivity index (χ2n) is 6.91. The van der Waals surface area contributed by atoms with Gasteiger partial charge in [0.25, 0.3) is 0 Å². The predicted molar refractivity (Wildman–Crippen MR) is 83.4 cm³/mol. The Kier molecular flexibility index (Phi) is 4.03. The molecular formula is C18H25NO2. The van der Waals surface area contributed by atoms with Gasteiger partial charge in [-0.25, -0.2) is 0 Å². The Morgan fingerprint density at radius 1 is 1.24 bits per heavy atom. The predicted octanol–water partition coefficient (Wildman–Crippen LogP) is 3.44. The van der Waals surface area contributed by atoms with E-state index in [2.05, 4.69) is 42.2 Å². The Morgan fingerprint density at radius 2 is 2.00 bits per heavy atom. The minimum Gasteiger partial charge on any atom is -0.480 e. The normalized spacial score (nSPS) is 34.0. The molecule has 1 heterocycles. The van der Waals surface area contributed by atoms with Crippen molar-refractivity contribution >= 4 is 5.97 Å². The monoisotopic (exact) mass is 287 g/mol. The Hall–Kier alpha value is -1.35. The molecule has 1 aliphatic carbocycles. The molecule has 2 fully saturated rings.